The molecule has 2 aromatic rings. The summed E-state index contributed by atoms with van der Waals surface area (Å²) in [4.78, 5) is 41.8. The van der Waals surface area contributed by atoms with Gasteiger partial charge in [0.05, 0.1) is 24.8 Å². The number of carbonyl (C=O) groups is 3. The number of benzene rings is 1. The Labute approximate surface area is 148 Å². The van der Waals surface area contributed by atoms with Gasteiger partial charge in [0.15, 0.2) is 0 Å². The molecule has 4 rings (SSSR count). The monoisotopic (exact) mass is 356 g/mol. The molecule has 3 atom stereocenters. The number of urea groups is 1. The summed E-state index contributed by atoms with van der Waals surface area (Å²) in [5, 5.41) is 1.90. The standard InChI is InChI=1S/C18H16N2O4S/c1-24-17(22)12-10-13-16(21)19(11-6-3-2-4-7-11)18(23)20(13)15(12)14-8-5-9-25-14/h2-9,12-13,15H,10H2,1H3. The molecule has 1 aromatic heterocycles. The summed E-state index contributed by atoms with van der Waals surface area (Å²) in [7, 11) is 1.33. The summed E-state index contributed by atoms with van der Waals surface area (Å²) in [5.41, 5.74) is 0.548. The van der Waals surface area contributed by atoms with Crippen LogP contribution in [-0.2, 0) is 14.3 Å². The minimum atomic E-state index is -0.635. The molecule has 0 aliphatic carbocycles. The highest BCUT2D eigenvalue weighted by Crippen LogP contribution is 2.47. The lowest BCUT2D eigenvalue weighted by atomic mass is 9.97. The van der Waals surface area contributed by atoms with Crippen molar-refractivity contribution in [2.24, 2.45) is 5.92 Å². The Morgan fingerprint density at radius 1 is 1.16 bits per heavy atom. The number of rotatable bonds is 3. The molecular formula is C18H16N2O4S. The zero-order valence-electron chi connectivity index (χ0n) is 13.5. The van der Waals surface area contributed by atoms with Crippen molar-refractivity contribution in [1.82, 2.24) is 4.90 Å². The number of amides is 3. The fraction of sp³-hybridized carbons (Fsp3) is 0.278. The number of anilines is 1. The van der Waals surface area contributed by atoms with Crippen LogP contribution in [0.15, 0.2) is 47.8 Å². The van der Waals surface area contributed by atoms with Crippen LogP contribution in [0.3, 0.4) is 0 Å². The molecule has 1 aromatic carbocycles. The number of thiophene rings is 1. The molecule has 6 nitrogen and oxygen atoms in total. The molecule has 0 saturated carbocycles. The normalized spacial score (nSPS) is 25.4. The summed E-state index contributed by atoms with van der Waals surface area (Å²) in [6, 6.07) is 11.1. The highest BCUT2D eigenvalue weighted by atomic mass is 32.1. The van der Waals surface area contributed by atoms with Gasteiger partial charge in [0.25, 0.3) is 5.91 Å². The number of methoxy groups -OCH3 is 1. The number of ether oxygens (including phenoxy) is 1. The summed E-state index contributed by atoms with van der Waals surface area (Å²) < 4.78 is 4.91. The van der Waals surface area contributed by atoms with Gasteiger partial charge in [-0.15, -0.1) is 11.3 Å². The lowest BCUT2D eigenvalue weighted by molar-refractivity contribution is -0.146. The van der Waals surface area contributed by atoms with Gasteiger partial charge in [0.2, 0.25) is 0 Å². The molecule has 2 aliphatic rings. The van der Waals surface area contributed by atoms with Crippen LogP contribution in [0.2, 0.25) is 0 Å². The zero-order valence-corrected chi connectivity index (χ0v) is 14.3. The van der Waals surface area contributed by atoms with Crippen LogP contribution in [0.5, 0.6) is 0 Å². The van der Waals surface area contributed by atoms with E-state index < -0.39 is 18.0 Å². The van der Waals surface area contributed by atoms with Gasteiger partial charge in [-0.3, -0.25) is 9.59 Å². The molecule has 25 heavy (non-hydrogen) atoms. The fourth-order valence-corrected chi connectivity index (χ4v) is 4.58. The number of para-hydroxylation sites is 1. The minimum Gasteiger partial charge on any atom is -0.469 e. The highest BCUT2D eigenvalue weighted by molar-refractivity contribution is 7.10. The first-order valence-electron chi connectivity index (χ1n) is 7.96. The fourth-order valence-electron chi connectivity index (χ4n) is 3.69. The van der Waals surface area contributed by atoms with Crippen LogP contribution in [0, 0.1) is 5.92 Å². The first-order chi connectivity index (χ1) is 12.1. The molecular weight excluding hydrogens is 340 g/mol. The second kappa shape index (κ2) is 6.00. The largest absolute Gasteiger partial charge is 0.469 e. The second-order valence-corrected chi connectivity index (χ2v) is 7.02. The van der Waals surface area contributed by atoms with Crippen LogP contribution in [-0.4, -0.2) is 36.0 Å². The Hall–Kier alpha value is -2.67. The van der Waals surface area contributed by atoms with Gasteiger partial charge in [-0.05, 0) is 30.0 Å². The van der Waals surface area contributed by atoms with Crippen molar-refractivity contribution in [1.29, 1.82) is 0 Å². The summed E-state index contributed by atoms with van der Waals surface area (Å²) in [6.07, 6.45) is 0.281. The van der Waals surface area contributed by atoms with E-state index in [9.17, 15) is 14.4 Å². The Balaban J connectivity index is 1.75. The summed E-state index contributed by atoms with van der Waals surface area (Å²) in [5.74, 6) is -1.21. The number of nitrogens with zero attached hydrogens (tertiary/aromatic N) is 2. The van der Waals surface area contributed by atoms with Crippen LogP contribution >= 0.6 is 11.3 Å². The Bertz CT molecular complexity index is 821. The molecule has 2 saturated heterocycles. The predicted molar refractivity (Wildman–Crippen MR) is 92.1 cm³/mol. The first-order valence-corrected chi connectivity index (χ1v) is 8.84. The van der Waals surface area contributed by atoms with E-state index in [1.165, 1.54) is 23.3 Å². The molecule has 7 heteroatoms. The number of hydrogen-bond acceptors (Lipinski definition) is 5. The van der Waals surface area contributed by atoms with Gasteiger partial charge >= 0.3 is 12.0 Å². The number of imide groups is 1. The van der Waals surface area contributed by atoms with Gasteiger partial charge in [-0.2, -0.15) is 0 Å². The smallest absolute Gasteiger partial charge is 0.332 e. The van der Waals surface area contributed by atoms with Crippen molar-refractivity contribution in [2.45, 2.75) is 18.5 Å². The molecule has 2 fully saturated rings. The average molecular weight is 356 g/mol. The van der Waals surface area contributed by atoms with Crippen molar-refractivity contribution in [3.63, 3.8) is 0 Å². The molecule has 3 heterocycles. The lowest BCUT2D eigenvalue weighted by Gasteiger charge is -2.25. The number of esters is 1. The maximum Gasteiger partial charge on any atom is 0.332 e. The molecule has 0 spiro atoms. The third-order valence-corrected chi connectivity index (χ3v) is 5.71. The van der Waals surface area contributed by atoms with Crippen LogP contribution < -0.4 is 4.90 Å². The van der Waals surface area contributed by atoms with E-state index in [4.69, 9.17) is 4.74 Å². The lowest BCUT2D eigenvalue weighted by Crippen LogP contribution is -2.37. The predicted octanol–water partition coefficient (Wildman–Crippen LogP) is 2.82. The zero-order chi connectivity index (χ0) is 17.6. The molecule has 0 bridgehead atoms. The second-order valence-electron chi connectivity index (χ2n) is 6.04. The quantitative estimate of drug-likeness (QED) is 0.626. The van der Waals surface area contributed by atoms with E-state index >= 15 is 0 Å². The Morgan fingerprint density at radius 2 is 1.92 bits per heavy atom. The van der Waals surface area contributed by atoms with E-state index in [1.807, 2.05) is 23.6 Å². The first kappa shape index (κ1) is 15.8. The van der Waals surface area contributed by atoms with Crippen molar-refractivity contribution in [3.05, 3.63) is 52.7 Å². The van der Waals surface area contributed by atoms with Gasteiger partial charge < -0.3 is 9.64 Å². The minimum absolute atomic E-state index is 0.281. The molecule has 3 unspecified atom stereocenters. The molecule has 2 aliphatic heterocycles. The van der Waals surface area contributed by atoms with Crippen LogP contribution in [0.1, 0.15) is 17.3 Å². The van der Waals surface area contributed by atoms with Gasteiger partial charge in [0.1, 0.15) is 6.04 Å². The third kappa shape index (κ3) is 2.34. The molecule has 128 valence electrons. The summed E-state index contributed by atoms with van der Waals surface area (Å²) >= 11 is 1.47. The van der Waals surface area contributed by atoms with Crippen molar-refractivity contribution in [3.8, 4) is 0 Å². The average Bonchev–Trinajstić information content (AvgIpc) is 3.33. The van der Waals surface area contributed by atoms with Crippen molar-refractivity contribution >= 4 is 34.9 Å². The van der Waals surface area contributed by atoms with Gasteiger partial charge in [-0.1, -0.05) is 24.3 Å². The van der Waals surface area contributed by atoms with Gasteiger partial charge in [-0.25, -0.2) is 9.69 Å². The van der Waals surface area contributed by atoms with E-state index in [1.54, 1.807) is 29.2 Å². The van der Waals surface area contributed by atoms with Crippen molar-refractivity contribution in [2.75, 3.05) is 12.0 Å². The van der Waals surface area contributed by atoms with Gasteiger partial charge in [0, 0.05) is 4.88 Å². The maximum atomic E-state index is 13.0. The molecule has 0 N–H and O–H groups in total. The summed E-state index contributed by atoms with van der Waals surface area (Å²) in [6.45, 7) is 0. The van der Waals surface area contributed by atoms with Crippen LogP contribution in [0.25, 0.3) is 0 Å². The maximum absolute atomic E-state index is 13.0. The number of carbonyl (C=O) groups excluding carboxylic acids is 3. The SMILES string of the molecule is COC(=O)C1CC2C(=O)N(c3ccccc3)C(=O)N2C1c1cccs1. The Kier molecular flexibility index (Phi) is 3.80. The van der Waals surface area contributed by atoms with E-state index in [0.717, 1.165) is 4.88 Å². The van der Waals surface area contributed by atoms with E-state index in [2.05, 4.69) is 0 Å². The highest BCUT2D eigenvalue weighted by Gasteiger charge is 2.58. The van der Waals surface area contributed by atoms with E-state index in [0.29, 0.717) is 5.69 Å². The number of hydrogen-bond donors (Lipinski definition) is 0. The number of fused-ring (bicyclic) bond motifs is 1. The van der Waals surface area contributed by atoms with E-state index in [-0.39, 0.29) is 24.3 Å². The molecule has 0 radical (unpaired) electrons. The van der Waals surface area contributed by atoms with Crippen molar-refractivity contribution < 1.29 is 19.1 Å². The topological polar surface area (TPSA) is 66.9 Å². The Morgan fingerprint density at radius 3 is 2.56 bits per heavy atom. The van der Waals surface area contributed by atoms with Crippen LogP contribution in [0.4, 0.5) is 10.5 Å². The molecule has 3 amide bonds. The third-order valence-electron chi connectivity index (χ3n) is 4.76.